The Labute approximate surface area is 180 Å². The topological polar surface area (TPSA) is 49.4 Å². The number of nitrogens with one attached hydrogen (secondary N) is 1. The van der Waals surface area contributed by atoms with Gasteiger partial charge in [0.15, 0.2) is 0 Å². The molecule has 2 rings (SSSR count). The zero-order chi connectivity index (χ0) is 20.5. The van der Waals surface area contributed by atoms with E-state index in [1.54, 1.807) is 35.8 Å². The van der Waals surface area contributed by atoms with Gasteiger partial charge in [-0.2, -0.15) is 0 Å². The quantitative estimate of drug-likeness (QED) is 0.558. The highest BCUT2D eigenvalue weighted by Crippen LogP contribution is 2.22. The van der Waals surface area contributed by atoms with Crippen LogP contribution in [-0.2, 0) is 16.1 Å². The number of carbonyl (C=O) groups excluding carboxylic acids is 2. The molecule has 2 aromatic carbocycles. The monoisotopic (exact) mass is 438 g/mol. The number of rotatable bonds is 9. The lowest BCUT2D eigenvalue weighted by Crippen LogP contribution is -2.48. The second-order valence-electron chi connectivity index (χ2n) is 6.24. The standard InChI is InChI=1S/C21H24Cl2N2O2S/c1-3-19(21(27)24-2)25(14-15-4-6-16(22)7-5-15)20(26)12-13-28-18-10-8-17(23)9-11-18/h4-11,19H,3,12-14H2,1-2H3,(H,24,27). The molecule has 2 amide bonds. The van der Waals surface area contributed by atoms with E-state index in [1.165, 1.54) is 0 Å². The Morgan fingerprint density at radius 2 is 1.61 bits per heavy atom. The van der Waals surface area contributed by atoms with Crippen molar-refractivity contribution in [1.82, 2.24) is 10.2 Å². The van der Waals surface area contributed by atoms with Gasteiger partial charge < -0.3 is 10.2 Å². The molecule has 0 radical (unpaired) electrons. The highest BCUT2D eigenvalue weighted by Gasteiger charge is 2.27. The lowest BCUT2D eigenvalue weighted by molar-refractivity contribution is -0.140. The van der Waals surface area contributed by atoms with Crippen molar-refractivity contribution in [2.75, 3.05) is 12.8 Å². The third kappa shape index (κ3) is 6.73. The van der Waals surface area contributed by atoms with Gasteiger partial charge >= 0.3 is 0 Å². The Bertz CT molecular complexity index is 782. The summed E-state index contributed by atoms with van der Waals surface area (Å²) < 4.78 is 0. The van der Waals surface area contributed by atoms with Crippen LogP contribution in [0.3, 0.4) is 0 Å². The fourth-order valence-electron chi connectivity index (χ4n) is 2.80. The molecule has 1 N–H and O–H groups in total. The maximum Gasteiger partial charge on any atom is 0.242 e. The van der Waals surface area contributed by atoms with Crippen LogP contribution in [0.2, 0.25) is 10.0 Å². The Balaban J connectivity index is 2.07. The summed E-state index contributed by atoms with van der Waals surface area (Å²) in [6, 6.07) is 14.4. The van der Waals surface area contributed by atoms with Gasteiger partial charge in [0.1, 0.15) is 6.04 Å². The van der Waals surface area contributed by atoms with Crippen LogP contribution in [0, 0.1) is 0 Å². The first-order valence-corrected chi connectivity index (χ1v) is 10.8. The molecule has 7 heteroatoms. The summed E-state index contributed by atoms with van der Waals surface area (Å²) in [5.41, 5.74) is 0.936. The number of thioether (sulfide) groups is 1. The molecule has 0 heterocycles. The number of halogens is 2. The number of carbonyl (C=O) groups is 2. The molecule has 0 aliphatic carbocycles. The Morgan fingerprint density at radius 1 is 1.04 bits per heavy atom. The summed E-state index contributed by atoms with van der Waals surface area (Å²) in [6.45, 7) is 2.28. The van der Waals surface area contributed by atoms with Crippen LogP contribution in [0.5, 0.6) is 0 Å². The van der Waals surface area contributed by atoms with E-state index >= 15 is 0 Å². The molecule has 0 saturated carbocycles. The van der Waals surface area contributed by atoms with Crippen LogP contribution in [-0.4, -0.2) is 35.6 Å². The summed E-state index contributed by atoms with van der Waals surface area (Å²) >= 11 is 13.4. The Hall–Kier alpha value is -1.69. The van der Waals surface area contributed by atoms with E-state index in [-0.39, 0.29) is 11.8 Å². The second kappa shape index (κ2) is 11.3. The normalized spacial score (nSPS) is 11.7. The zero-order valence-electron chi connectivity index (χ0n) is 16.0. The van der Waals surface area contributed by atoms with Crippen LogP contribution in [0.4, 0.5) is 0 Å². The van der Waals surface area contributed by atoms with Gasteiger partial charge in [-0.3, -0.25) is 9.59 Å². The molecule has 0 saturated heterocycles. The van der Waals surface area contributed by atoms with Gasteiger partial charge in [-0.25, -0.2) is 0 Å². The van der Waals surface area contributed by atoms with E-state index < -0.39 is 6.04 Å². The predicted molar refractivity (Wildman–Crippen MR) is 117 cm³/mol. The van der Waals surface area contributed by atoms with E-state index in [9.17, 15) is 9.59 Å². The van der Waals surface area contributed by atoms with E-state index in [0.717, 1.165) is 10.5 Å². The van der Waals surface area contributed by atoms with E-state index in [4.69, 9.17) is 23.2 Å². The molecule has 0 aliphatic rings. The number of hydrogen-bond donors (Lipinski definition) is 1. The van der Waals surface area contributed by atoms with Crippen molar-refractivity contribution < 1.29 is 9.59 Å². The number of benzene rings is 2. The van der Waals surface area contributed by atoms with Gasteiger partial charge in [0.2, 0.25) is 11.8 Å². The van der Waals surface area contributed by atoms with Crippen molar-refractivity contribution in [3.8, 4) is 0 Å². The molecule has 4 nitrogen and oxygen atoms in total. The molecule has 2 aromatic rings. The fraction of sp³-hybridized carbons (Fsp3) is 0.333. The van der Waals surface area contributed by atoms with Gasteiger partial charge in [0, 0.05) is 40.7 Å². The number of likely N-dealkylation sites (N-methyl/N-ethyl adjacent to an activating group) is 1. The van der Waals surface area contributed by atoms with E-state index in [0.29, 0.717) is 35.2 Å². The average Bonchev–Trinajstić information content (AvgIpc) is 2.70. The number of amides is 2. The first-order chi connectivity index (χ1) is 13.4. The molecular weight excluding hydrogens is 415 g/mol. The predicted octanol–water partition coefficient (Wildman–Crippen LogP) is 5.03. The lowest BCUT2D eigenvalue weighted by Gasteiger charge is -2.30. The maximum absolute atomic E-state index is 13.0. The molecule has 0 fully saturated rings. The third-order valence-corrected chi connectivity index (χ3v) is 5.81. The van der Waals surface area contributed by atoms with Crippen LogP contribution in [0.15, 0.2) is 53.4 Å². The molecular formula is C21H24Cl2N2O2S. The summed E-state index contributed by atoms with van der Waals surface area (Å²) in [5, 5.41) is 3.99. The largest absolute Gasteiger partial charge is 0.357 e. The minimum atomic E-state index is -0.506. The van der Waals surface area contributed by atoms with Crippen LogP contribution in [0.25, 0.3) is 0 Å². The molecule has 0 aliphatic heterocycles. The van der Waals surface area contributed by atoms with Crippen molar-refractivity contribution in [3.63, 3.8) is 0 Å². The van der Waals surface area contributed by atoms with Gasteiger partial charge in [-0.05, 0) is 48.4 Å². The first kappa shape index (κ1) is 22.6. The number of nitrogens with zero attached hydrogens (tertiary/aromatic N) is 1. The summed E-state index contributed by atoms with van der Waals surface area (Å²) in [6.07, 6.45) is 0.887. The summed E-state index contributed by atoms with van der Waals surface area (Å²) in [4.78, 5) is 28.0. The molecule has 1 atom stereocenters. The highest BCUT2D eigenvalue weighted by molar-refractivity contribution is 7.99. The van der Waals surface area contributed by atoms with E-state index in [1.807, 2.05) is 43.3 Å². The maximum atomic E-state index is 13.0. The molecule has 0 aromatic heterocycles. The highest BCUT2D eigenvalue weighted by atomic mass is 35.5. The smallest absolute Gasteiger partial charge is 0.242 e. The average molecular weight is 439 g/mol. The Morgan fingerprint density at radius 3 is 2.14 bits per heavy atom. The van der Waals surface area contributed by atoms with E-state index in [2.05, 4.69) is 5.32 Å². The fourth-order valence-corrected chi connectivity index (χ4v) is 3.90. The number of hydrogen-bond acceptors (Lipinski definition) is 3. The molecule has 1 unspecified atom stereocenters. The summed E-state index contributed by atoms with van der Waals surface area (Å²) in [5.74, 6) is 0.420. The van der Waals surface area contributed by atoms with Crippen molar-refractivity contribution in [2.24, 2.45) is 0 Å². The van der Waals surface area contributed by atoms with Gasteiger partial charge in [-0.15, -0.1) is 11.8 Å². The lowest BCUT2D eigenvalue weighted by atomic mass is 10.1. The minimum Gasteiger partial charge on any atom is -0.357 e. The SMILES string of the molecule is CCC(C(=O)NC)N(Cc1ccc(Cl)cc1)C(=O)CCSc1ccc(Cl)cc1. The van der Waals surface area contributed by atoms with Crippen LogP contribution >= 0.6 is 35.0 Å². The van der Waals surface area contributed by atoms with Gasteiger partial charge in [0.05, 0.1) is 0 Å². The van der Waals surface area contributed by atoms with Gasteiger partial charge in [-0.1, -0.05) is 42.3 Å². The van der Waals surface area contributed by atoms with Gasteiger partial charge in [0.25, 0.3) is 0 Å². The second-order valence-corrected chi connectivity index (χ2v) is 8.28. The van der Waals surface area contributed by atoms with Crippen molar-refractivity contribution >= 4 is 46.8 Å². The van der Waals surface area contributed by atoms with Crippen LogP contribution < -0.4 is 5.32 Å². The van der Waals surface area contributed by atoms with Crippen molar-refractivity contribution in [1.29, 1.82) is 0 Å². The van der Waals surface area contributed by atoms with Crippen molar-refractivity contribution in [2.45, 2.75) is 37.2 Å². The molecule has 150 valence electrons. The third-order valence-electron chi connectivity index (χ3n) is 4.30. The molecule has 0 bridgehead atoms. The Kier molecular flexibility index (Phi) is 9.16. The molecule has 0 spiro atoms. The minimum absolute atomic E-state index is 0.0492. The zero-order valence-corrected chi connectivity index (χ0v) is 18.3. The molecule has 28 heavy (non-hydrogen) atoms. The van der Waals surface area contributed by atoms with Crippen molar-refractivity contribution in [3.05, 3.63) is 64.1 Å². The van der Waals surface area contributed by atoms with Crippen LogP contribution in [0.1, 0.15) is 25.3 Å². The summed E-state index contributed by atoms with van der Waals surface area (Å²) in [7, 11) is 1.59. The first-order valence-electron chi connectivity index (χ1n) is 9.08.